The van der Waals surface area contributed by atoms with E-state index in [1.807, 2.05) is 12.1 Å². The summed E-state index contributed by atoms with van der Waals surface area (Å²) in [5.74, 6) is 0.722. The van der Waals surface area contributed by atoms with Crippen LogP contribution in [0.1, 0.15) is 41.4 Å². The summed E-state index contributed by atoms with van der Waals surface area (Å²) in [6, 6.07) is 8.64. The summed E-state index contributed by atoms with van der Waals surface area (Å²) in [5, 5.41) is 0. The Morgan fingerprint density at radius 1 is 1.14 bits per heavy atom. The molecular weight excluding hydrogens is 402 g/mol. The van der Waals surface area contributed by atoms with E-state index in [0.29, 0.717) is 30.3 Å². The van der Waals surface area contributed by atoms with Gasteiger partial charge in [-0.15, -0.1) is 12.4 Å². The van der Waals surface area contributed by atoms with Crippen molar-refractivity contribution < 1.29 is 17.6 Å². The fourth-order valence-corrected chi connectivity index (χ4v) is 4.51. The van der Waals surface area contributed by atoms with Crippen LogP contribution in [0.3, 0.4) is 0 Å². The van der Waals surface area contributed by atoms with Gasteiger partial charge in [-0.05, 0) is 29.7 Å². The zero-order valence-corrected chi connectivity index (χ0v) is 17.6. The molecule has 0 spiro atoms. The molecule has 1 fully saturated rings. The highest BCUT2D eigenvalue weighted by molar-refractivity contribution is 7.89. The Morgan fingerprint density at radius 2 is 1.75 bits per heavy atom. The van der Waals surface area contributed by atoms with Crippen LogP contribution in [-0.2, 0) is 16.6 Å². The molecule has 1 amide bonds. The molecule has 2 heterocycles. The monoisotopic (exact) mass is 427 g/mol. The highest BCUT2D eigenvalue weighted by atomic mass is 35.5. The average Bonchev–Trinajstić information content (AvgIpc) is 3.17. The summed E-state index contributed by atoms with van der Waals surface area (Å²) in [4.78, 5) is 14.4. The van der Waals surface area contributed by atoms with Gasteiger partial charge in [0.05, 0.1) is 17.0 Å². The van der Waals surface area contributed by atoms with E-state index in [4.69, 9.17) is 10.2 Å². The quantitative estimate of drug-likeness (QED) is 0.790. The molecule has 2 N–H and O–H groups in total. The molecule has 154 valence electrons. The number of nitrogens with two attached hydrogens (primary N) is 1. The predicted molar refractivity (Wildman–Crippen MR) is 109 cm³/mol. The second kappa shape index (κ2) is 9.09. The summed E-state index contributed by atoms with van der Waals surface area (Å²) in [5.41, 5.74) is 7.04. The van der Waals surface area contributed by atoms with Crippen molar-refractivity contribution >= 4 is 28.3 Å². The number of carbonyl (C=O) groups excluding carboxylic acids is 1. The van der Waals surface area contributed by atoms with Crippen LogP contribution in [0.5, 0.6) is 0 Å². The zero-order chi connectivity index (χ0) is 19.6. The maximum absolute atomic E-state index is 12.9. The van der Waals surface area contributed by atoms with Crippen LogP contribution in [0, 0.1) is 0 Å². The van der Waals surface area contributed by atoms with Crippen LogP contribution in [0.2, 0.25) is 0 Å². The van der Waals surface area contributed by atoms with Crippen LogP contribution in [0.25, 0.3) is 0 Å². The van der Waals surface area contributed by atoms with E-state index in [-0.39, 0.29) is 42.8 Å². The maximum atomic E-state index is 12.9. The second-order valence-corrected chi connectivity index (χ2v) is 8.86. The molecule has 1 aliphatic rings. The lowest BCUT2D eigenvalue weighted by molar-refractivity contribution is 0.0697. The van der Waals surface area contributed by atoms with E-state index in [1.165, 1.54) is 10.6 Å². The molecule has 2 aromatic rings. The number of benzene rings is 1. The first kappa shape index (κ1) is 22.4. The molecule has 1 aromatic carbocycles. The third-order valence-corrected chi connectivity index (χ3v) is 6.73. The van der Waals surface area contributed by atoms with Gasteiger partial charge in [0.1, 0.15) is 12.0 Å². The first-order valence-corrected chi connectivity index (χ1v) is 10.4. The summed E-state index contributed by atoms with van der Waals surface area (Å²) in [6.45, 7) is 5.57. The van der Waals surface area contributed by atoms with Crippen molar-refractivity contribution in [1.29, 1.82) is 0 Å². The number of furan rings is 1. The number of amides is 1. The third-order valence-electron chi connectivity index (χ3n) is 4.81. The van der Waals surface area contributed by atoms with Crippen LogP contribution >= 0.6 is 12.4 Å². The molecule has 1 aliphatic heterocycles. The third kappa shape index (κ3) is 4.57. The van der Waals surface area contributed by atoms with E-state index in [1.54, 1.807) is 23.1 Å². The Bertz CT molecular complexity index is 902. The molecule has 0 aliphatic carbocycles. The Hall–Kier alpha value is -1.87. The topological polar surface area (TPSA) is 96.9 Å². The standard InChI is InChI=1S/C19H25N3O4S.ClH/c1-14(2)15-3-5-18(6-4-15)27(24,25)22-9-7-21(8-10-22)19(23)16-11-17(12-20)26-13-16;/h3-6,11,13-14H,7-10,12,20H2,1-2H3;1H. The summed E-state index contributed by atoms with van der Waals surface area (Å²) >= 11 is 0. The molecular formula is C19H26ClN3O4S. The highest BCUT2D eigenvalue weighted by Gasteiger charge is 2.30. The van der Waals surface area contributed by atoms with Crippen molar-refractivity contribution in [2.24, 2.45) is 5.73 Å². The minimum absolute atomic E-state index is 0. The normalized spacial score (nSPS) is 15.5. The van der Waals surface area contributed by atoms with E-state index in [2.05, 4.69) is 13.8 Å². The molecule has 1 aromatic heterocycles. The molecule has 0 bridgehead atoms. The fourth-order valence-electron chi connectivity index (χ4n) is 3.09. The lowest BCUT2D eigenvalue weighted by Gasteiger charge is -2.33. The van der Waals surface area contributed by atoms with E-state index in [9.17, 15) is 13.2 Å². The molecule has 0 unspecified atom stereocenters. The van der Waals surface area contributed by atoms with Gasteiger partial charge < -0.3 is 15.1 Å². The largest absolute Gasteiger partial charge is 0.467 e. The van der Waals surface area contributed by atoms with E-state index in [0.717, 1.165) is 5.56 Å². The summed E-state index contributed by atoms with van der Waals surface area (Å²) in [7, 11) is -3.56. The van der Waals surface area contributed by atoms with Gasteiger partial charge in [-0.2, -0.15) is 4.31 Å². The molecule has 0 saturated carbocycles. The Labute approximate surface area is 171 Å². The SMILES string of the molecule is CC(C)c1ccc(S(=O)(=O)N2CCN(C(=O)c3coc(CN)c3)CC2)cc1.Cl. The maximum Gasteiger partial charge on any atom is 0.257 e. The van der Waals surface area contributed by atoms with Gasteiger partial charge in [-0.3, -0.25) is 4.79 Å². The highest BCUT2D eigenvalue weighted by Crippen LogP contribution is 2.22. The molecule has 9 heteroatoms. The van der Waals surface area contributed by atoms with Crippen molar-refractivity contribution in [2.75, 3.05) is 26.2 Å². The molecule has 3 rings (SSSR count). The Morgan fingerprint density at radius 3 is 2.25 bits per heavy atom. The Kier molecular flexibility index (Phi) is 7.28. The van der Waals surface area contributed by atoms with E-state index >= 15 is 0 Å². The van der Waals surface area contributed by atoms with Crippen molar-refractivity contribution in [3.63, 3.8) is 0 Å². The zero-order valence-electron chi connectivity index (χ0n) is 16.0. The second-order valence-electron chi connectivity index (χ2n) is 6.93. The number of hydrogen-bond donors (Lipinski definition) is 1. The first-order valence-electron chi connectivity index (χ1n) is 9.00. The fraction of sp³-hybridized carbons (Fsp3) is 0.421. The van der Waals surface area contributed by atoms with Crippen molar-refractivity contribution in [3.05, 3.63) is 53.5 Å². The van der Waals surface area contributed by atoms with Gasteiger partial charge in [0.2, 0.25) is 10.0 Å². The Balaban J connectivity index is 0.00000280. The van der Waals surface area contributed by atoms with Gasteiger partial charge in [0.15, 0.2) is 0 Å². The molecule has 0 radical (unpaired) electrons. The van der Waals surface area contributed by atoms with Crippen molar-refractivity contribution in [1.82, 2.24) is 9.21 Å². The smallest absolute Gasteiger partial charge is 0.257 e. The summed E-state index contributed by atoms with van der Waals surface area (Å²) < 4.78 is 32.3. The molecule has 1 saturated heterocycles. The summed E-state index contributed by atoms with van der Waals surface area (Å²) in [6.07, 6.45) is 1.39. The first-order chi connectivity index (χ1) is 12.8. The van der Waals surface area contributed by atoms with Crippen LogP contribution < -0.4 is 5.73 Å². The van der Waals surface area contributed by atoms with Gasteiger partial charge in [0, 0.05) is 26.2 Å². The van der Waals surface area contributed by atoms with Gasteiger partial charge in [0.25, 0.3) is 5.91 Å². The lowest BCUT2D eigenvalue weighted by Crippen LogP contribution is -2.50. The molecule has 7 nitrogen and oxygen atoms in total. The minimum atomic E-state index is -3.56. The number of sulfonamides is 1. The van der Waals surface area contributed by atoms with Gasteiger partial charge in [-0.25, -0.2) is 8.42 Å². The number of nitrogens with zero attached hydrogens (tertiary/aromatic N) is 2. The number of hydrogen-bond acceptors (Lipinski definition) is 5. The van der Waals surface area contributed by atoms with Crippen molar-refractivity contribution in [2.45, 2.75) is 31.2 Å². The van der Waals surface area contributed by atoms with Crippen molar-refractivity contribution in [3.8, 4) is 0 Å². The van der Waals surface area contributed by atoms with Gasteiger partial charge in [-0.1, -0.05) is 26.0 Å². The number of rotatable bonds is 5. The molecule has 0 atom stereocenters. The van der Waals surface area contributed by atoms with E-state index < -0.39 is 10.0 Å². The van der Waals surface area contributed by atoms with Crippen LogP contribution in [0.4, 0.5) is 0 Å². The number of carbonyl (C=O) groups is 1. The number of halogens is 1. The predicted octanol–water partition coefficient (Wildman–Crippen LogP) is 2.43. The van der Waals surface area contributed by atoms with Crippen LogP contribution in [0.15, 0.2) is 45.9 Å². The lowest BCUT2D eigenvalue weighted by atomic mass is 10.0. The average molecular weight is 428 g/mol. The molecule has 28 heavy (non-hydrogen) atoms. The number of piperazine rings is 1. The minimum Gasteiger partial charge on any atom is -0.467 e. The van der Waals surface area contributed by atoms with Crippen LogP contribution in [-0.4, -0.2) is 49.7 Å². The van der Waals surface area contributed by atoms with Gasteiger partial charge >= 0.3 is 0 Å².